The molecule has 2 rings (SSSR count). The molecule has 0 amide bonds. The number of hydrogen-bond donors (Lipinski definition) is 1. The molecule has 1 unspecified atom stereocenters. The Bertz CT molecular complexity index is 453. The largest absolute Gasteiger partial charge is 0.305 e. The molecule has 98 valence electrons. The highest BCUT2D eigenvalue weighted by Gasteiger charge is 2.38. The average molecular weight is 253 g/mol. The van der Waals surface area contributed by atoms with Gasteiger partial charge in [0.25, 0.3) is 0 Å². The quantitative estimate of drug-likeness (QED) is 0.893. The summed E-state index contributed by atoms with van der Waals surface area (Å²) in [5.74, 6) is -1.08. The molecule has 1 N–H and O–H groups in total. The van der Waals surface area contributed by atoms with Crippen molar-refractivity contribution in [3.05, 3.63) is 35.4 Å². The standard InChI is InChI=1S/C14H17F2NO/c1-2-14(6-3-7-17-14)13(18)9-10-8-11(15)4-5-12(10)16/h4-5,8,17H,2-3,6-7,9H2,1H3. The number of Topliss-reactive ketones (excluding diaryl/α,β-unsaturated/α-hetero) is 1. The molecule has 1 aliphatic heterocycles. The van der Waals surface area contributed by atoms with Crippen molar-refractivity contribution in [2.75, 3.05) is 6.54 Å². The van der Waals surface area contributed by atoms with Gasteiger partial charge in [0.2, 0.25) is 0 Å². The summed E-state index contributed by atoms with van der Waals surface area (Å²) in [4.78, 5) is 12.3. The normalized spacial score (nSPS) is 23.3. The molecule has 1 saturated heterocycles. The molecule has 0 aromatic heterocycles. The first-order valence-electron chi connectivity index (χ1n) is 6.29. The van der Waals surface area contributed by atoms with Crippen LogP contribution in [-0.4, -0.2) is 17.9 Å². The zero-order valence-electron chi connectivity index (χ0n) is 10.4. The van der Waals surface area contributed by atoms with E-state index >= 15 is 0 Å². The van der Waals surface area contributed by atoms with E-state index in [1.165, 1.54) is 0 Å². The van der Waals surface area contributed by atoms with Crippen LogP contribution in [0.3, 0.4) is 0 Å². The summed E-state index contributed by atoms with van der Waals surface area (Å²) in [5.41, 5.74) is -0.403. The first-order valence-corrected chi connectivity index (χ1v) is 6.29. The van der Waals surface area contributed by atoms with Crippen molar-refractivity contribution in [1.29, 1.82) is 0 Å². The molecule has 2 nitrogen and oxygen atoms in total. The van der Waals surface area contributed by atoms with E-state index in [0.717, 1.165) is 37.6 Å². The third-order valence-electron chi connectivity index (χ3n) is 3.74. The molecule has 18 heavy (non-hydrogen) atoms. The highest BCUT2D eigenvalue weighted by Crippen LogP contribution is 2.26. The Morgan fingerprint density at radius 1 is 1.44 bits per heavy atom. The van der Waals surface area contributed by atoms with E-state index in [9.17, 15) is 13.6 Å². The zero-order chi connectivity index (χ0) is 13.2. The van der Waals surface area contributed by atoms with Gasteiger partial charge < -0.3 is 5.32 Å². The van der Waals surface area contributed by atoms with E-state index in [1.807, 2.05) is 6.92 Å². The summed E-state index contributed by atoms with van der Waals surface area (Å²) >= 11 is 0. The van der Waals surface area contributed by atoms with Crippen molar-refractivity contribution < 1.29 is 13.6 Å². The Morgan fingerprint density at radius 2 is 2.22 bits per heavy atom. The van der Waals surface area contributed by atoms with Gasteiger partial charge in [0.05, 0.1) is 5.54 Å². The fraction of sp³-hybridized carbons (Fsp3) is 0.500. The van der Waals surface area contributed by atoms with Crippen LogP contribution in [0.25, 0.3) is 0 Å². The first-order chi connectivity index (χ1) is 8.57. The maximum atomic E-state index is 13.5. The third kappa shape index (κ3) is 2.43. The van der Waals surface area contributed by atoms with E-state index in [0.29, 0.717) is 6.42 Å². The maximum Gasteiger partial charge on any atom is 0.157 e. The first kappa shape index (κ1) is 13.1. The van der Waals surface area contributed by atoms with E-state index in [1.54, 1.807) is 0 Å². The van der Waals surface area contributed by atoms with E-state index in [-0.39, 0.29) is 17.8 Å². The lowest BCUT2D eigenvalue weighted by atomic mass is 9.86. The van der Waals surface area contributed by atoms with Gasteiger partial charge in [-0.3, -0.25) is 4.79 Å². The Balaban J connectivity index is 2.18. The van der Waals surface area contributed by atoms with Gasteiger partial charge >= 0.3 is 0 Å². The third-order valence-corrected chi connectivity index (χ3v) is 3.74. The predicted octanol–water partition coefficient (Wildman–Crippen LogP) is 2.61. The molecule has 1 aliphatic rings. The minimum atomic E-state index is -0.543. The molecule has 1 aromatic carbocycles. The van der Waals surface area contributed by atoms with Crippen molar-refractivity contribution in [2.45, 2.75) is 38.1 Å². The van der Waals surface area contributed by atoms with Crippen molar-refractivity contribution in [3.63, 3.8) is 0 Å². The highest BCUT2D eigenvalue weighted by atomic mass is 19.1. The van der Waals surface area contributed by atoms with E-state index in [2.05, 4.69) is 5.32 Å². The molecule has 0 radical (unpaired) electrons. The van der Waals surface area contributed by atoms with E-state index < -0.39 is 17.2 Å². The predicted molar refractivity (Wildman–Crippen MR) is 65.3 cm³/mol. The fourth-order valence-corrected chi connectivity index (χ4v) is 2.56. The SMILES string of the molecule is CCC1(C(=O)Cc2cc(F)ccc2F)CCCN1. The van der Waals surface area contributed by atoms with Gasteiger partial charge in [-0.2, -0.15) is 0 Å². The monoisotopic (exact) mass is 253 g/mol. The smallest absolute Gasteiger partial charge is 0.157 e. The molecule has 1 fully saturated rings. The molecular formula is C14H17F2NO. The summed E-state index contributed by atoms with van der Waals surface area (Å²) in [6.45, 7) is 2.75. The van der Waals surface area contributed by atoms with Crippen LogP contribution in [0.5, 0.6) is 0 Å². The molecule has 4 heteroatoms. The summed E-state index contributed by atoms with van der Waals surface area (Å²) in [7, 11) is 0. The minimum absolute atomic E-state index is 0.0491. The van der Waals surface area contributed by atoms with Gasteiger partial charge in [-0.25, -0.2) is 8.78 Å². The van der Waals surface area contributed by atoms with Crippen LogP contribution in [-0.2, 0) is 11.2 Å². The van der Waals surface area contributed by atoms with Crippen LogP contribution < -0.4 is 5.32 Å². The number of hydrogen-bond acceptors (Lipinski definition) is 2. The lowest BCUT2D eigenvalue weighted by Crippen LogP contribution is -2.47. The van der Waals surface area contributed by atoms with Crippen LogP contribution >= 0.6 is 0 Å². The number of rotatable bonds is 4. The molecule has 1 heterocycles. The number of halogens is 2. The summed E-state index contributed by atoms with van der Waals surface area (Å²) in [6, 6.07) is 3.23. The number of carbonyl (C=O) groups is 1. The molecule has 0 saturated carbocycles. The van der Waals surface area contributed by atoms with Crippen molar-refractivity contribution in [3.8, 4) is 0 Å². The maximum absolute atomic E-state index is 13.5. The second-order valence-corrected chi connectivity index (χ2v) is 4.80. The van der Waals surface area contributed by atoms with Crippen LogP contribution in [0.1, 0.15) is 31.7 Å². The van der Waals surface area contributed by atoms with Gasteiger partial charge in [0.1, 0.15) is 11.6 Å². The zero-order valence-corrected chi connectivity index (χ0v) is 10.4. The second-order valence-electron chi connectivity index (χ2n) is 4.80. The van der Waals surface area contributed by atoms with Crippen molar-refractivity contribution in [1.82, 2.24) is 5.32 Å². The molecular weight excluding hydrogens is 236 g/mol. The fourth-order valence-electron chi connectivity index (χ4n) is 2.56. The number of carbonyl (C=O) groups excluding carboxylic acids is 1. The lowest BCUT2D eigenvalue weighted by Gasteiger charge is -2.26. The highest BCUT2D eigenvalue weighted by molar-refractivity contribution is 5.90. The summed E-state index contributed by atoms with van der Waals surface area (Å²) in [5, 5.41) is 3.21. The molecule has 0 bridgehead atoms. The van der Waals surface area contributed by atoms with Gasteiger partial charge in [-0.15, -0.1) is 0 Å². The molecule has 0 aliphatic carbocycles. The molecule has 0 spiro atoms. The summed E-state index contributed by atoms with van der Waals surface area (Å²) in [6.07, 6.45) is 2.36. The van der Waals surface area contributed by atoms with Crippen LogP contribution in [0.2, 0.25) is 0 Å². The van der Waals surface area contributed by atoms with Gasteiger partial charge in [0, 0.05) is 6.42 Å². The van der Waals surface area contributed by atoms with Gasteiger partial charge in [-0.05, 0) is 49.6 Å². The van der Waals surface area contributed by atoms with E-state index in [4.69, 9.17) is 0 Å². The Morgan fingerprint density at radius 3 is 2.83 bits per heavy atom. The molecule has 1 aromatic rings. The van der Waals surface area contributed by atoms with Crippen molar-refractivity contribution >= 4 is 5.78 Å². The number of ketones is 1. The topological polar surface area (TPSA) is 29.1 Å². The Labute approximate surface area is 105 Å². The van der Waals surface area contributed by atoms with Crippen molar-refractivity contribution in [2.24, 2.45) is 0 Å². The van der Waals surface area contributed by atoms with Gasteiger partial charge in [0.15, 0.2) is 5.78 Å². The van der Waals surface area contributed by atoms with Gasteiger partial charge in [-0.1, -0.05) is 6.92 Å². The molecule has 1 atom stereocenters. The second kappa shape index (κ2) is 5.14. The number of benzene rings is 1. The average Bonchev–Trinajstić information content (AvgIpc) is 2.84. The Kier molecular flexibility index (Phi) is 3.76. The number of nitrogens with one attached hydrogen (secondary N) is 1. The van der Waals surface area contributed by atoms with Crippen LogP contribution in [0, 0.1) is 11.6 Å². The minimum Gasteiger partial charge on any atom is -0.305 e. The van der Waals surface area contributed by atoms with Crippen LogP contribution in [0.4, 0.5) is 8.78 Å². The summed E-state index contributed by atoms with van der Waals surface area (Å²) < 4.78 is 26.6. The van der Waals surface area contributed by atoms with Crippen LogP contribution in [0.15, 0.2) is 18.2 Å². The Hall–Kier alpha value is -1.29. The lowest BCUT2D eigenvalue weighted by molar-refractivity contribution is -0.124.